The van der Waals surface area contributed by atoms with Gasteiger partial charge in [0.2, 0.25) is 0 Å². The van der Waals surface area contributed by atoms with Crippen LogP contribution in [0, 0.1) is 28.2 Å². The number of nitrogens with zero attached hydrogens (tertiary/aromatic N) is 3. The molecule has 3 unspecified atom stereocenters. The van der Waals surface area contributed by atoms with E-state index in [4.69, 9.17) is 11.7 Å². The molecule has 2 aromatic rings. The number of benzene rings is 2. The molecule has 0 spiro atoms. The van der Waals surface area contributed by atoms with Crippen LogP contribution in [0.2, 0.25) is 0 Å². The number of ether oxygens (including phenoxy) is 2. The summed E-state index contributed by atoms with van der Waals surface area (Å²) in [6.45, 7) is 4.52. The number of rotatable bonds is 11. The molecule has 37 heavy (non-hydrogen) atoms. The number of fused-ring (bicyclic) bond motifs is 3. The maximum atomic E-state index is 12.3. The Bertz CT molecular complexity index is 1020. The molecule has 2 bridgehead atoms. The number of carbonyl (C=O) groups excluding carboxylic acids is 2. The van der Waals surface area contributed by atoms with Crippen molar-refractivity contribution < 1.29 is 79.1 Å². The van der Waals surface area contributed by atoms with E-state index in [1.165, 1.54) is 16.4 Å². The van der Waals surface area contributed by atoms with Gasteiger partial charge >= 0.3 is 193 Å². The zero-order chi connectivity index (χ0) is 26.0. The molecule has 0 aromatic heterocycles. The molecule has 3 aliphatic rings. The Kier molecular flexibility index (Phi) is 11.7. The Labute approximate surface area is 249 Å². The predicted octanol–water partition coefficient (Wildman–Crippen LogP) is 2.82. The van der Waals surface area contributed by atoms with Gasteiger partial charge in [0.25, 0.3) is 0 Å². The summed E-state index contributed by atoms with van der Waals surface area (Å²) in [5, 5.41) is 5.60. The first-order valence-electron chi connectivity index (χ1n) is 12.3. The van der Waals surface area contributed by atoms with Crippen LogP contribution >= 0.6 is 0 Å². The van der Waals surface area contributed by atoms with Gasteiger partial charge in [-0.15, -0.1) is 0 Å². The average Bonchev–Trinajstić information content (AvgIpc) is 2.90. The van der Waals surface area contributed by atoms with E-state index in [0.29, 0.717) is 22.1 Å². The zero-order valence-electron chi connectivity index (χ0n) is 21.3. The van der Waals surface area contributed by atoms with Crippen LogP contribution in [0.3, 0.4) is 0 Å². The first-order valence-corrected chi connectivity index (χ1v) is 19.7. The van der Waals surface area contributed by atoms with Crippen molar-refractivity contribution in [1.29, 1.82) is 0 Å². The van der Waals surface area contributed by atoms with Gasteiger partial charge in [0, 0.05) is 0 Å². The summed E-state index contributed by atoms with van der Waals surface area (Å²) in [6, 6.07) is 15.5. The fourth-order valence-corrected chi connectivity index (χ4v) is 15.3. The van der Waals surface area contributed by atoms with Crippen LogP contribution in [-0.4, -0.2) is 84.1 Å². The van der Waals surface area contributed by atoms with Crippen molar-refractivity contribution in [1.82, 2.24) is 11.8 Å². The Morgan fingerprint density at radius 3 is 2.16 bits per heavy atom. The van der Waals surface area contributed by atoms with Gasteiger partial charge in [0.1, 0.15) is 6.61 Å². The van der Waals surface area contributed by atoms with Gasteiger partial charge in [-0.3, -0.25) is 10.2 Å². The number of hydrogen-bond acceptors (Lipinski definition) is 8. The molecule has 3 aliphatic heterocycles. The maximum absolute atomic E-state index is 12.3. The molecular formula is C25H33N5O5UY. The quantitative estimate of drug-likeness (QED) is 0.265. The number of piperazine rings is 1. The van der Waals surface area contributed by atoms with Gasteiger partial charge in [-0.05, 0) is 14.1 Å². The van der Waals surface area contributed by atoms with E-state index in [1.54, 1.807) is 0 Å². The standard InChI is InChI=1S/C20H25N3O5.C5H9N2.U.Y/c1-23(2)14-27-11-12-28-20(26)22-18-9-5-16(6-10-18)13-15-3-7-17(8-4-15)21-19(24)25;1-7-4-2-6-3-5-7;;/h3-10,21H,11-14H2,1-2H3,(H,22,26)(H,24,25);2H,1,3-5H2;;/q;-1;2*+1/p-1. The van der Waals surface area contributed by atoms with Gasteiger partial charge < -0.3 is 9.47 Å². The Balaban J connectivity index is 1.15. The normalized spacial score (nSPS) is 19.8. The summed E-state index contributed by atoms with van der Waals surface area (Å²) < 4.78 is 20.8. The van der Waals surface area contributed by atoms with E-state index in [-0.39, 0.29) is 12.7 Å². The van der Waals surface area contributed by atoms with Crippen molar-refractivity contribution in [2.24, 2.45) is 0 Å². The Morgan fingerprint density at radius 2 is 1.62 bits per heavy atom. The molecule has 10 nitrogen and oxygen atoms in total. The molecule has 3 heterocycles. The van der Waals surface area contributed by atoms with Gasteiger partial charge in [0.05, 0.1) is 13.3 Å². The van der Waals surface area contributed by atoms with E-state index in [1.807, 2.05) is 67.5 Å². The van der Waals surface area contributed by atoms with Crippen LogP contribution in [0.4, 0.5) is 21.0 Å². The van der Waals surface area contributed by atoms with Crippen LogP contribution < -0.4 is 10.6 Å². The molecule has 2 N–H and O–H groups in total. The summed E-state index contributed by atoms with van der Waals surface area (Å²) >= 11 is -2.22. The topological polar surface area (TPSA) is 95.6 Å². The van der Waals surface area contributed by atoms with Crippen molar-refractivity contribution in [3.63, 3.8) is 0 Å². The molecule has 2 amide bonds. The zero-order valence-corrected chi connectivity index (χ0v) is 28.3. The van der Waals surface area contributed by atoms with Crippen molar-refractivity contribution in [3.05, 3.63) is 59.7 Å². The molecular weight excluding hydrogens is 777 g/mol. The van der Waals surface area contributed by atoms with Crippen LogP contribution in [0.15, 0.2) is 48.5 Å². The predicted molar refractivity (Wildman–Crippen MR) is 132 cm³/mol. The van der Waals surface area contributed by atoms with Crippen molar-refractivity contribution in [2.45, 2.75) is 9.50 Å². The fourth-order valence-electron chi connectivity index (χ4n) is 4.07. The number of anilines is 2. The molecule has 3 atom stereocenters. The first kappa shape index (κ1) is 29.0. The van der Waals surface area contributed by atoms with Gasteiger partial charge in [-0.2, -0.15) is 0 Å². The second-order valence-electron chi connectivity index (χ2n) is 9.28. The van der Waals surface area contributed by atoms with E-state index in [9.17, 15) is 9.59 Å². The number of hydrogen-bond donors (Lipinski definition) is 2. The summed E-state index contributed by atoms with van der Waals surface area (Å²) in [5.41, 5.74) is 3.66. The van der Waals surface area contributed by atoms with Crippen LogP contribution in [0.5, 0.6) is 0 Å². The SMILES string of the molecule is CN(C)COCCOC(=O)Nc1ccc(Cc2ccc(NC(=O)[O][U][CH]3CN4CC[N]3[Y][CH2]4)cc2)cc1. The number of carbonyl (C=O) groups is 2. The number of nitrogens with one attached hydrogen (secondary N) is 2. The van der Waals surface area contributed by atoms with E-state index < -0.39 is 63.9 Å². The van der Waals surface area contributed by atoms with Gasteiger partial charge in [0.15, 0.2) is 0 Å². The molecule has 0 radical (unpaired) electrons. The Morgan fingerprint density at radius 1 is 0.973 bits per heavy atom. The fraction of sp³-hybridized carbons (Fsp3) is 0.440. The van der Waals surface area contributed by atoms with Gasteiger partial charge in [-0.25, -0.2) is 4.79 Å². The molecule has 5 rings (SSSR count). The summed E-state index contributed by atoms with van der Waals surface area (Å²) in [7, 11) is 3.81. The summed E-state index contributed by atoms with van der Waals surface area (Å²) in [6.07, 6.45) is -0.0686. The van der Waals surface area contributed by atoms with Crippen LogP contribution in [0.25, 0.3) is 0 Å². The Hall–Kier alpha value is -1.02. The summed E-state index contributed by atoms with van der Waals surface area (Å²) in [4.78, 5) is 28.7. The molecule has 3 saturated heterocycles. The molecule has 12 heteroatoms. The van der Waals surface area contributed by atoms with Gasteiger partial charge in [-0.1, -0.05) is 0 Å². The molecule has 2 aromatic carbocycles. The first-order chi connectivity index (χ1) is 17.9. The molecule has 195 valence electrons. The monoisotopic (exact) mass is 810 g/mol. The average molecular weight is 811 g/mol. The molecule has 0 saturated carbocycles. The van der Waals surface area contributed by atoms with Crippen molar-refractivity contribution in [3.8, 4) is 0 Å². The minimum absolute atomic E-state index is 0.197. The van der Waals surface area contributed by atoms with Crippen LogP contribution in [-0.2, 0) is 47.7 Å². The van der Waals surface area contributed by atoms with Crippen molar-refractivity contribution in [2.75, 3.05) is 67.7 Å². The molecule has 3 fully saturated rings. The van der Waals surface area contributed by atoms with Crippen molar-refractivity contribution >= 4 is 23.6 Å². The minimum atomic E-state index is -1.61. The second kappa shape index (κ2) is 14.9. The van der Waals surface area contributed by atoms with E-state index in [0.717, 1.165) is 29.8 Å². The van der Waals surface area contributed by atoms with E-state index in [2.05, 4.69) is 17.6 Å². The van der Waals surface area contributed by atoms with Crippen LogP contribution in [0.1, 0.15) is 11.1 Å². The third-order valence-electron chi connectivity index (χ3n) is 5.99. The summed E-state index contributed by atoms with van der Waals surface area (Å²) in [5.74, 6) is 0. The third-order valence-corrected chi connectivity index (χ3v) is 17.9. The molecule has 0 aliphatic carbocycles. The second-order valence-corrected chi connectivity index (χ2v) is 17.3. The third kappa shape index (κ3) is 9.90. The number of amides is 2. The van der Waals surface area contributed by atoms with E-state index >= 15 is 0 Å².